The molecule has 2 nitrogen and oxygen atoms in total. The number of benzene rings is 2. The van der Waals surface area contributed by atoms with Crippen LogP contribution in [0.25, 0.3) is 0 Å². The average molecular weight is 360 g/mol. The summed E-state index contributed by atoms with van der Waals surface area (Å²) >= 11 is 7.09. The number of para-hydroxylation sites is 1. The van der Waals surface area contributed by atoms with E-state index in [0.717, 1.165) is 11.0 Å². The van der Waals surface area contributed by atoms with Crippen molar-refractivity contribution in [2.45, 2.75) is 23.2 Å². The molecule has 2 aromatic rings. The summed E-state index contributed by atoms with van der Waals surface area (Å²) in [5, 5.41) is 2.30. The van der Waals surface area contributed by atoms with Crippen molar-refractivity contribution in [2.75, 3.05) is 5.32 Å². The summed E-state index contributed by atoms with van der Waals surface area (Å²) in [6.45, 7) is 1.62. The standard InChI is InChI=1S/C16H13ClF3NOS/c1-10(23-12-6-4-5-11(17)9-12)15(22)21-14-8-3-2-7-13(14)16(18,19)20/h2-10H,1H3,(H,21,22). The quantitative estimate of drug-likeness (QED) is 0.732. The third kappa shape index (κ3) is 4.91. The van der Waals surface area contributed by atoms with Gasteiger partial charge < -0.3 is 5.32 Å². The molecule has 0 aromatic heterocycles. The van der Waals surface area contributed by atoms with Crippen molar-refractivity contribution < 1.29 is 18.0 Å². The Morgan fingerprint density at radius 1 is 1.17 bits per heavy atom. The topological polar surface area (TPSA) is 29.1 Å². The van der Waals surface area contributed by atoms with Crippen LogP contribution in [0.1, 0.15) is 12.5 Å². The van der Waals surface area contributed by atoms with E-state index < -0.39 is 22.9 Å². The molecule has 7 heteroatoms. The third-order valence-corrected chi connectivity index (χ3v) is 4.30. The molecule has 1 unspecified atom stereocenters. The van der Waals surface area contributed by atoms with Crippen molar-refractivity contribution in [3.63, 3.8) is 0 Å². The first kappa shape index (κ1) is 17.7. The van der Waals surface area contributed by atoms with Gasteiger partial charge in [-0.1, -0.05) is 29.8 Å². The highest BCUT2D eigenvalue weighted by molar-refractivity contribution is 8.00. The number of halogens is 4. The number of anilines is 1. The van der Waals surface area contributed by atoms with Crippen LogP contribution in [0, 0.1) is 0 Å². The summed E-state index contributed by atoms with van der Waals surface area (Å²) < 4.78 is 38.8. The number of carbonyl (C=O) groups is 1. The molecule has 0 aliphatic rings. The number of alkyl halides is 3. The Hall–Kier alpha value is -1.66. The lowest BCUT2D eigenvalue weighted by atomic mass is 10.1. The van der Waals surface area contributed by atoms with E-state index in [-0.39, 0.29) is 5.69 Å². The SMILES string of the molecule is CC(Sc1cccc(Cl)c1)C(=O)Nc1ccccc1C(F)(F)F. The lowest BCUT2D eigenvalue weighted by Crippen LogP contribution is -2.24. The number of rotatable bonds is 4. The highest BCUT2D eigenvalue weighted by Gasteiger charge is 2.33. The van der Waals surface area contributed by atoms with Gasteiger partial charge in [-0.3, -0.25) is 4.79 Å². The van der Waals surface area contributed by atoms with Crippen LogP contribution >= 0.6 is 23.4 Å². The van der Waals surface area contributed by atoms with Crippen molar-refractivity contribution in [1.29, 1.82) is 0 Å². The molecule has 0 bridgehead atoms. The summed E-state index contributed by atoms with van der Waals surface area (Å²) in [6.07, 6.45) is -4.52. The van der Waals surface area contributed by atoms with Crippen molar-refractivity contribution in [1.82, 2.24) is 0 Å². The smallest absolute Gasteiger partial charge is 0.325 e. The first-order chi connectivity index (χ1) is 10.8. The second-order valence-corrected chi connectivity index (χ2v) is 6.60. The Labute approximate surface area is 141 Å². The number of amides is 1. The third-order valence-electron chi connectivity index (χ3n) is 2.97. The van der Waals surface area contributed by atoms with Crippen LogP contribution in [-0.4, -0.2) is 11.2 Å². The van der Waals surface area contributed by atoms with Crippen LogP contribution < -0.4 is 5.32 Å². The van der Waals surface area contributed by atoms with E-state index in [0.29, 0.717) is 5.02 Å². The van der Waals surface area contributed by atoms with Crippen LogP contribution in [-0.2, 0) is 11.0 Å². The molecule has 0 radical (unpaired) electrons. The fraction of sp³-hybridized carbons (Fsp3) is 0.188. The molecule has 1 atom stereocenters. The molecule has 122 valence electrons. The fourth-order valence-electron chi connectivity index (χ4n) is 1.87. The molecule has 0 heterocycles. The van der Waals surface area contributed by atoms with Crippen LogP contribution in [0.4, 0.5) is 18.9 Å². The highest BCUT2D eigenvalue weighted by Crippen LogP contribution is 2.35. The minimum absolute atomic E-state index is 0.247. The minimum atomic E-state index is -4.52. The van der Waals surface area contributed by atoms with Gasteiger partial charge >= 0.3 is 6.18 Å². The highest BCUT2D eigenvalue weighted by atomic mass is 35.5. The van der Waals surface area contributed by atoms with Crippen molar-refractivity contribution in [2.24, 2.45) is 0 Å². The molecule has 0 aliphatic carbocycles. The average Bonchev–Trinajstić information content (AvgIpc) is 2.46. The van der Waals surface area contributed by atoms with E-state index in [4.69, 9.17) is 11.6 Å². The van der Waals surface area contributed by atoms with Gasteiger partial charge in [-0.2, -0.15) is 13.2 Å². The predicted molar refractivity (Wildman–Crippen MR) is 86.8 cm³/mol. The maximum Gasteiger partial charge on any atom is 0.418 e. The number of hydrogen-bond donors (Lipinski definition) is 1. The van der Waals surface area contributed by atoms with E-state index in [1.807, 2.05) is 0 Å². The first-order valence-electron chi connectivity index (χ1n) is 6.66. The van der Waals surface area contributed by atoms with Gasteiger partial charge in [0.05, 0.1) is 16.5 Å². The van der Waals surface area contributed by atoms with E-state index in [2.05, 4.69) is 5.32 Å². The lowest BCUT2D eigenvalue weighted by molar-refractivity contribution is -0.137. The van der Waals surface area contributed by atoms with Gasteiger partial charge in [-0.25, -0.2) is 0 Å². The van der Waals surface area contributed by atoms with Crippen LogP contribution in [0.5, 0.6) is 0 Å². The molecular formula is C16H13ClF3NOS. The largest absolute Gasteiger partial charge is 0.418 e. The molecule has 2 rings (SSSR count). The van der Waals surface area contributed by atoms with Crippen LogP contribution in [0.2, 0.25) is 5.02 Å². The second-order valence-electron chi connectivity index (χ2n) is 4.75. The van der Waals surface area contributed by atoms with E-state index in [1.54, 1.807) is 31.2 Å². The summed E-state index contributed by atoms with van der Waals surface area (Å²) in [6, 6.07) is 11.8. The maximum atomic E-state index is 12.9. The Kier molecular flexibility index (Phi) is 5.59. The second kappa shape index (κ2) is 7.27. The number of nitrogens with one attached hydrogen (secondary N) is 1. The van der Waals surface area contributed by atoms with Crippen molar-refractivity contribution >= 4 is 35.0 Å². The first-order valence-corrected chi connectivity index (χ1v) is 7.92. The zero-order chi connectivity index (χ0) is 17.0. The zero-order valence-electron chi connectivity index (χ0n) is 12.0. The summed E-state index contributed by atoms with van der Waals surface area (Å²) in [7, 11) is 0. The molecule has 0 spiro atoms. The summed E-state index contributed by atoms with van der Waals surface area (Å²) in [5.74, 6) is -0.508. The van der Waals surface area contributed by atoms with E-state index in [1.165, 1.54) is 30.0 Å². The Bertz CT molecular complexity index is 706. The van der Waals surface area contributed by atoms with Gasteiger partial charge in [0.2, 0.25) is 5.91 Å². The number of carbonyl (C=O) groups excluding carboxylic acids is 1. The van der Waals surface area contributed by atoms with E-state index in [9.17, 15) is 18.0 Å². The molecule has 23 heavy (non-hydrogen) atoms. The Balaban J connectivity index is 2.10. The summed E-state index contributed by atoms with van der Waals surface area (Å²) in [4.78, 5) is 12.9. The van der Waals surface area contributed by atoms with Crippen molar-refractivity contribution in [3.8, 4) is 0 Å². The molecule has 0 saturated heterocycles. The molecule has 1 N–H and O–H groups in total. The molecule has 0 fully saturated rings. The van der Waals surface area contributed by atoms with Crippen LogP contribution in [0.15, 0.2) is 53.4 Å². The number of thioether (sulfide) groups is 1. The maximum absolute atomic E-state index is 12.9. The van der Waals surface area contributed by atoms with Gasteiger partial charge in [0.25, 0.3) is 0 Å². The summed E-state index contributed by atoms with van der Waals surface area (Å²) in [5.41, 5.74) is -1.11. The Morgan fingerprint density at radius 2 is 1.87 bits per heavy atom. The predicted octanol–water partition coefficient (Wildman–Crippen LogP) is 5.48. The molecule has 1 amide bonds. The van der Waals surface area contributed by atoms with Crippen molar-refractivity contribution in [3.05, 3.63) is 59.1 Å². The fourth-order valence-corrected chi connectivity index (χ4v) is 3.05. The lowest BCUT2D eigenvalue weighted by Gasteiger charge is -2.16. The Morgan fingerprint density at radius 3 is 2.52 bits per heavy atom. The zero-order valence-corrected chi connectivity index (χ0v) is 13.6. The molecule has 0 saturated carbocycles. The normalized spacial score (nSPS) is 12.7. The molecule has 0 aliphatic heterocycles. The van der Waals surface area contributed by atoms with Gasteiger partial charge in [0.1, 0.15) is 0 Å². The minimum Gasteiger partial charge on any atom is -0.325 e. The van der Waals surface area contributed by atoms with Crippen LogP contribution in [0.3, 0.4) is 0 Å². The monoisotopic (exact) mass is 359 g/mol. The van der Waals surface area contributed by atoms with Gasteiger partial charge in [-0.15, -0.1) is 11.8 Å². The van der Waals surface area contributed by atoms with Gasteiger partial charge in [0.15, 0.2) is 0 Å². The van der Waals surface area contributed by atoms with Gasteiger partial charge in [-0.05, 0) is 37.3 Å². The van der Waals surface area contributed by atoms with Gasteiger partial charge in [0, 0.05) is 9.92 Å². The number of hydrogen-bond acceptors (Lipinski definition) is 2. The molecular weight excluding hydrogens is 347 g/mol. The van der Waals surface area contributed by atoms with E-state index >= 15 is 0 Å². The molecule has 2 aromatic carbocycles.